The van der Waals surface area contributed by atoms with E-state index < -0.39 is 22.4 Å². The number of ether oxygens (including phenoxy) is 1. The number of carbonyl (C=O) groups is 2. The van der Waals surface area contributed by atoms with Crippen LogP contribution in [0.25, 0.3) is 0 Å². The van der Waals surface area contributed by atoms with Crippen molar-refractivity contribution in [1.29, 1.82) is 0 Å². The second kappa shape index (κ2) is 6.47. The first-order chi connectivity index (χ1) is 12.3. The molecule has 0 saturated carbocycles. The number of amides is 3. The third kappa shape index (κ3) is 2.97. The number of nitrogens with zero attached hydrogens (tertiary/aromatic N) is 2. The molecule has 1 aliphatic rings. The molecule has 8 nitrogen and oxygen atoms in total. The van der Waals surface area contributed by atoms with E-state index in [0.29, 0.717) is 16.9 Å². The van der Waals surface area contributed by atoms with E-state index in [-0.39, 0.29) is 12.2 Å². The minimum absolute atomic E-state index is 0.0300. The Labute approximate surface area is 149 Å². The van der Waals surface area contributed by atoms with Crippen molar-refractivity contribution >= 4 is 17.6 Å². The molecule has 1 saturated heterocycles. The SMILES string of the molecule is COc1cccc(C2(C)NC(=O)N(Cc3ccc([N+](=O)[O-])cc3)C2=O)c1. The molecule has 1 unspecified atom stereocenters. The zero-order chi connectivity index (χ0) is 18.9. The lowest BCUT2D eigenvalue weighted by atomic mass is 9.92. The number of nitro groups is 1. The largest absolute Gasteiger partial charge is 0.497 e. The van der Waals surface area contributed by atoms with Gasteiger partial charge in [-0.3, -0.25) is 19.8 Å². The van der Waals surface area contributed by atoms with E-state index in [0.717, 1.165) is 4.90 Å². The van der Waals surface area contributed by atoms with Gasteiger partial charge in [0.2, 0.25) is 0 Å². The molecular formula is C18H17N3O5. The third-order valence-electron chi connectivity index (χ3n) is 4.41. The van der Waals surface area contributed by atoms with Gasteiger partial charge >= 0.3 is 6.03 Å². The van der Waals surface area contributed by atoms with Gasteiger partial charge in [-0.25, -0.2) is 4.79 Å². The van der Waals surface area contributed by atoms with Crippen LogP contribution in [0.2, 0.25) is 0 Å². The molecule has 1 aliphatic heterocycles. The van der Waals surface area contributed by atoms with E-state index in [1.807, 2.05) is 0 Å². The second-order valence-electron chi connectivity index (χ2n) is 6.10. The van der Waals surface area contributed by atoms with Gasteiger partial charge in [0.1, 0.15) is 11.3 Å². The molecule has 26 heavy (non-hydrogen) atoms. The highest BCUT2D eigenvalue weighted by atomic mass is 16.6. The highest BCUT2D eigenvalue weighted by Crippen LogP contribution is 2.31. The van der Waals surface area contributed by atoms with Crippen molar-refractivity contribution in [2.24, 2.45) is 0 Å². The molecule has 1 fully saturated rings. The van der Waals surface area contributed by atoms with Crippen LogP contribution in [0.15, 0.2) is 48.5 Å². The molecule has 3 rings (SSSR count). The summed E-state index contributed by atoms with van der Waals surface area (Å²) in [7, 11) is 1.53. The molecule has 2 aromatic rings. The molecule has 0 aliphatic carbocycles. The third-order valence-corrected chi connectivity index (χ3v) is 4.41. The Balaban J connectivity index is 1.85. The molecule has 3 amide bonds. The normalized spacial score (nSPS) is 19.4. The fourth-order valence-electron chi connectivity index (χ4n) is 2.88. The van der Waals surface area contributed by atoms with Crippen molar-refractivity contribution in [2.75, 3.05) is 7.11 Å². The molecule has 8 heteroatoms. The molecule has 1 atom stereocenters. The molecular weight excluding hydrogens is 338 g/mol. The van der Waals surface area contributed by atoms with Gasteiger partial charge in [-0.05, 0) is 30.2 Å². The number of urea groups is 1. The summed E-state index contributed by atoms with van der Waals surface area (Å²) in [6.45, 7) is 1.67. The van der Waals surface area contributed by atoms with E-state index in [4.69, 9.17) is 4.74 Å². The van der Waals surface area contributed by atoms with Crippen molar-refractivity contribution in [1.82, 2.24) is 10.2 Å². The molecule has 1 heterocycles. The van der Waals surface area contributed by atoms with Crippen LogP contribution in [0, 0.1) is 10.1 Å². The summed E-state index contributed by atoms with van der Waals surface area (Å²) in [6, 6.07) is 12.2. The number of nitro benzene ring substituents is 1. The fraction of sp³-hybridized carbons (Fsp3) is 0.222. The maximum Gasteiger partial charge on any atom is 0.325 e. The summed E-state index contributed by atoms with van der Waals surface area (Å²) in [6.07, 6.45) is 0. The van der Waals surface area contributed by atoms with Crippen LogP contribution in [-0.2, 0) is 16.9 Å². The predicted octanol–water partition coefficient (Wildman–Crippen LogP) is 2.57. The van der Waals surface area contributed by atoms with Crippen molar-refractivity contribution in [3.63, 3.8) is 0 Å². The first-order valence-electron chi connectivity index (χ1n) is 7.87. The number of nitrogens with one attached hydrogen (secondary N) is 1. The monoisotopic (exact) mass is 355 g/mol. The topological polar surface area (TPSA) is 102 Å². The summed E-state index contributed by atoms with van der Waals surface area (Å²) >= 11 is 0. The lowest BCUT2D eigenvalue weighted by molar-refractivity contribution is -0.384. The number of non-ortho nitro benzene ring substituents is 1. The van der Waals surface area contributed by atoms with E-state index >= 15 is 0 Å². The van der Waals surface area contributed by atoms with Gasteiger partial charge in [0.05, 0.1) is 18.6 Å². The van der Waals surface area contributed by atoms with Crippen LogP contribution >= 0.6 is 0 Å². The predicted molar refractivity (Wildman–Crippen MR) is 92.5 cm³/mol. The van der Waals surface area contributed by atoms with Gasteiger partial charge in [-0.2, -0.15) is 0 Å². The number of methoxy groups -OCH3 is 1. The summed E-state index contributed by atoms with van der Waals surface area (Å²) in [5, 5.41) is 13.4. The minimum atomic E-state index is -1.20. The van der Waals surface area contributed by atoms with Gasteiger partial charge in [0.15, 0.2) is 0 Å². The Kier molecular flexibility index (Phi) is 4.33. The Hall–Kier alpha value is -3.42. The van der Waals surface area contributed by atoms with E-state index in [1.54, 1.807) is 31.2 Å². The number of hydrogen-bond acceptors (Lipinski definition) is 5. The molecule has 1 N–H and O–H groups in total. The molecule has 0 aromatic heterocycles. The van der Waals surface area contributed by atoms with Gasteiger partial charge < -0.3 is 10.1 Å². The van der Waals surface area contributed by atoms with E-state index in [9.17, 15) is 19.7 Å². The average molecular weight is 355 g/mol. The van der Waals surface area contributed by atoms with Gasteiger partial charge in [0.25, 0.3) is 11.6 Å². The van der Waals surface area contributed by atoms with Crippen LogP contribution in [0.4, 0.5) is 10.5 Å². The number of hydrogen-bond donors (Lipinski definition) is 1. The minimum Gasteiger partial charge on any atom is -0.497 e. The van der Waals surface area contributed by atoms with Crippen molar-refractivity contribution in [3.8, 4) is 5.75 Å². The summed E-state index contributed by atoms with van der Waals surface area (Å²) < 4.78 is 5.18. The zero-order valence-electron chi connectivity index (χ0n) is 14.3. The summed E-state index contributed by atoms with van der Waals surface area (Å²) in [5.41, 5.74) is -0.0191. The molecule has 0 spiro atoms. The lowest BCUT2D eigenvalue weighted by Gasteiger charge is -2.22. The maximum absolute atomic E-state index is 12.9. The van der Waals surface area contributed by atoms with Crippen LogP contribution in [0.5, 0.6) is 5.75 Å². The first kappa shape index (κ1) is 17.4. The van der Waals surface area contributed by atoms with Crippen molar-refractivity contribution in [3.05, 3.63) is 69.8 Å². The Morgan fingerprint density at radius 2 is 1.88 bits per heavy atom. The maximum atomic E-state index is 12.9. The second-order valence-corrected chi connectivity index (χ2v) is 6.10. The molecule has 0 bridgehead atoms. The van der Waals surface area contributed by atoms with Gasteiger partial charge in [0, 0.05) is 12.1 Å². The van der Waals surface area contributed by atoms with Crippen LogP contribution < -0.4 is 10.1 Å². The first-order valence-corrected chi connectivity index (χ1v) is 7.87. The molecule has 0 radical (unpaired) electrons. The number of carbonyl (C=O) groups excluding carboxylic acids is 2. The Morgan fingerprint density at radius 1 is 1.19 bits per heavy atom. The standard InChI is InChI=1S/C18H17N3O5/c1-18(13-4-3-5-15(10-13)26-2)16(22)20(17(23)19-18)11-12-6-8-14(9-7-12)21(24)25/h3-10H,11H2,1-2H3,(H,19,23). The highest BCUT2D eigenvalue weighted by Gasteiger charge is 2.49. The van der Waals surface area contributed by atoms with Gasteiger partial charge in [-0.15, -0.1) is 0 Å². The van der Waals surface area contributed by atoms with Crippen molar-refractivity contribution < 1.29 is 19.2 Å². The quantitative estimate of drug-likeness (QED) is 0.504. The fourth-order valence-corrected chi connectivity index (χ4v) is 2.88. The summed E-state index contributed by atoms with van der Waals surface area (Å²) in [5.74, 6) is 0.189. The van der Waals surface area contributed by atoms with Gasteiger partial charge in [-0.1, -0.05) is 24.3 Å². The molecule has 134 valence electrons. The molecule has 2 aromatic carbocycles. The zero-order valence-corrected chi connectivity index (χ0v) is 14.3. The summed E-state index contributed by atoms with van der Waals surface area (Å²) in [4.78, 5) is 36.6. The van der Waals surface area contributed by atoms with E-state index in [2.05, 4.69) is 5.32 Å². The lowest BCUT2D eigenvalue weighted by Crippen LogP contribution is -2.40. The smallest absolute Gasteiger partial charge is 0.325 e. The number of rotatable bonds is 5. The van der Waals surface area contributed by atoms with Crippen LogP contribution in [0.1, 0.15) is 18.1 Å². The Morgan fingerprint density at radius 3 is 2.50 bits per heavy atom. The highest BCUT2D eigenvalue weighted by molar-refractivity contribution is 6.07. The Bertz CT molecular complexity index is 881. The number of benzene rings is 2. The van der Waals surface area contributed by atoms with Crippen molar-refractivity contribution in [2.45, 2.75) is 19.0 Å². The number of imide groups is 1. The average Bonchev–Trinajstić information content (AvgIpc) is 2.86. The van der Waals surface area contributed by atoms with Crippen LogP contribution in [0.3, 0.4) is 0 Å². The van der Waals surface area contributed by atoms with Crippen LogP contribution in [-0.4, -0.2) is 28.9 Å². The van der Waals surface area contributed by atoms with E-state index in [1.165, 1.54) is 31.4 Å².